The molecule has 0 saturated carbocycles. The molecule has 0 aliphatic carbocycles. The normalized spacial score (nSPS) is 10.5. The number of methoxy groups -OCH3 is 1. The monoisotopic (exact) mass is 367 g/mol. The predicted molar refractivity (Wildman–Crippen MR) is 105 cm³/mol. The minimum Gasteiger partial charge on any atom is -0.497 e. The fraction of sp³-hybridized carbons (Fsp3) is 0.200. The molecule has 0 saturated heterocycles. The van der Waals surface area contributed by atoms with Crippen LogP contribution in [0.2, 0.25) is 0 Å². The van der Waals surface area contributed by atoms with Crippen LogP contribution in [0.4, 0.5) is 5.69 Å². The van der Waals surface area contributed by atoms with Gasteiger partial charge in [0.25, 0.3) is 0 Å². The molecule has 6 heteroatoms. The molecular formula is C20H21N3O2S. The van der Waals surface area contributed by atoms with Crippen LogP contribution in [0.15, 0.2) is 72.1 Å². The fourth-order valence-electron chi connectivity index (χ4n) is 2.67. The second-order valence-corrected chi connectivity index (χ2v) is 6.49. The van der Waals surface area contributed by atoms with E-state index in [4.69, 9.17) is 4.74 Å². The van der Waals surface area contributed by atoms with Crippen LogP contribution in [0.3, 0.4) is 0 Å². The second kappa shape index (κ2) is 8.58. The lowest BCUT2D eigenvalue weighted by molar-refractivity contribution is -0.116. The lowest BCUT2D eigenvalue weighted by Crippen LogP contribution is -2.32. The Balaban J connectivity index is 1.72. The van der Waals surface area contributed by atoms with Gasteiger partial charge in [-0.15, -0.1) is 0 Å². The molecule has 1 amide bonds. The zero-order chi connectivity index (χ0) is 18.4. The van der Waals surface area contributed by atoms with Crippen molar-refractivity contribution in [2.75, 3.05) is 24.3 Å². The number of hydrogen-bond acceptors (Lipinski definition) is 4. The summed E-state index contributed by atoms with van der Waals surface area (Å²) in [6, 6.07) is 17.5. The fourth-order valence-corrected chi connectivity index (χ4v) is 3.52. The number of aromatic nitrogens is 2. The Hall–Kier alpha value is -2.73. The van der Waals surface area contributed by atoms with Crippen LogP contribution in [0.25, 0.3) is 5.69 Å². The molecule has 26 heavy (non-hydrogen) atoms. The Morgan fingerprint density at radius 2 is 2.00 bits per heavy atom. The number of amides is 1. The smallest absolute Gasteiger partial charge is 0.237 e. The molecule has 0 aliphatic heterocycles. The topological polar surface area (TPSA) is 47.4 Å². The third kappa shape index (κ3) is 4.08. The predicted octanol–water partition coefficient (Wildman–Crippen LogP) is 4.03. The molecule has 134 valence electrons. The van der Waals surface area contributed by atoms with E-state index in [2.05, 4.69) is 4.98 Å². The molecule has 1 aromatic heterocycles. The third-order valence-corrected chi connectivity index (χ3v) is 4.90. The van der Waals surface area contributed by atoms with Crippen molar-refractivity contribution in [1.82, 2.24) is 9.55 Å². The van der Waals surface area contributed by atoms with Crippen molar-refractivity contribution in [3.63, 3.8) is 0 Å². The maximum atomic E-state index is 12.7. The van der Waals surface area contributed by atoms with E-state index in [0.717, 1.165) is 22.3 Å². The highest BCUT2D eigenvalue weighted by atomic mass is 32.2. The number of nitrogens with zero attached hydrogens (tertiary/aromatic N) is 3. The van der Waals surface area contributed by atoms with E-state index in [0.29, 0.717) is 12.3 Å². The maximum Gasteiger partial charge on any atom is 0.237 e. The van der Waals surface area contributed by atoms with Gasteiger partial charge in [-0.25, -0.2) is 4.98 Å². The van der Waals surface area contributed by atoms with E-state index >= 15 is 0 Å². The first-order valence-corrected chi connectivity index (χ1v) is 9.37. The molecule has 0 aliphatic rings. The number of anilines is 1. The first kappa shape index (κ1) is 18.1. The van der Waals surface area contributed by atoms with Gasteiger partial charge in [-0.3, -0.25) is 9.36 Å². The highest BCUT2D eigenvalue weighted by Crippen LogP contribution is 2.24. The van der Waals surface area contributed by atoms with E-state index < -0.39 is 0 Å². The van der Waals surface area contributed by atoms with Gasteiger partial charge in [0.2, 0.25) is 5.91 Å². The van der Waals surface area contributed by atoms with Gasteiger partial charge < -0.3 is 9.64 Å². The van der Waals surface area contributed by atoms with Crippen molar-refractivity contribution in [1.29, 1.82) is 0 Å². The Morgan fingerprint density at radius 1 is 1.19 bits per heavy atom. The Labute approximate surface area is 157 Å². The van der Waals surface area contributed by atoms with E-state index in [9.17, 15) is 4.79 Å². The summed E-state index contributed by atoms with van der Waals surface area (Å²) in [7, 11) is 1.64. The number of para-hydroxylation sites is 1. The first-order valence-electron chi connectivity index (χ1n) is 8.39. The summed E-state index contributed by atoms with van der Waals surface area (Å²) < 4.78 is 7.24. The molecule has 1 heterocycles. The van der Waals surface area contributed by atoms with E-state index in [-0.39, 0.29) is 5.91 Å². The number of carbonyl (C=O) groups is 1. The molecule has 5 nitrogen and oxygen atoms in total. The van der Waals surface area contributed by atoms with Gasteiger partial charge in [0, 0.05) is 30.7 Å². The summed E-state index contributed by atoms with van der Waals surface area (Å²) in [5.74, 6) is 1.16. The Morgan fingerprint density at radius 3 is 2.73 bits per heavy atom. The van der Waals surface area contributed by atoms with E-state index in [1.165, 1.54) is 11.8 Å². The van der Waals surface area contributed by atoms with Crippen LogP contribution in [0.5, 0.6) is 5.75 Å². The summed E-state index contributed by atoms with van der Waals surface area (Å²) >= 11 is 1.43. The SMILES string of the molecule is CCN(C(=O)CSc1nccn1-c1cccc(OC)c1)c1ccccc1. The summed E-state index contributed by atoms with van der Waals surface area (Å²) in [6.07, 6.45) is 3.62. The number of benzene rings is 2. The molecule has 0 fully saturated rings. The third-order valence-electron chi connectivity index (χ3n) is 3.95. The van der Waals surface area contributed by atoms with Crippen molar-refractivity contribution in [3.05, 3.63) is 67.0 Å². The number of hydrogen-bond donors (Lipinski definition) is 0. The number of ether oxygens (including phenoxy) is 1. The van der Waals surface area contributed by atoms with Gasteiger partial charge in [-0.05, 0) is 31.2 Å². The van der Waals surface area contributed by atoms with E-state index in [1.54, 1.807) is 18.2 Å². The maximum absolute atomic E-state index is 12.7. The first-order chi connectivity index (χ1) is 12.7. The van der Waals surface area contributed by atoms with Crippen molar-refractivity contribution in [3.8, 4) is 11.4 Å². The van der Waals surface area contributed by atoms with E-state index in [1.807, 2.05) is 72.3 Å². The van der Waals surface area contributed by atoms with Crippen molar-refractivity contribution in [2.45, 2.75) is 12.1 Å². The minimum absolute atomic E-state index is 0.0592. The lowest BCUT2D eigenvalue weighted by Gasteiger charge is -2.20. The molecule has 3 rings (SSSR count). The van der Waals surface area contributed by atoms with Gasteiger partial charge in [0.1, 0.15) is 5.75 Å². The van der Waals surface area contributed by atoms with Crippen LogP contribution in [0.1, 0.15) is 6.92 Å². The number of imidazole rings is 1. The van der Waals surface area contributed by atoms with Crippen molar-refractivity contribution < 1.29 is 9.53 Å². The summed E-state index contributed by atoms with van der Waals surface area (Å²) in [5, 5.41) is 0.774. The average molecular weight is 367 g/mol. The Bertz CT molecular complexity index is 864. The molecule has 0 unspecified atom stereocenters. The van der Waals surface area contributed by atoms with Crippen LogP contribution in [-0.4, -0.2) is 34.9 Å². The average Bonchev–Trinajstić information content (AvgIpc) is 3.16. The summed E-state index contributed by atoms with van der Waals surface area (Å²) in [6.45, 7) is 2.61. The van der Waals surface area contributed by atoms with Crippen LogP contribution >= 0.6 is 11.8 Å². The molecule has 3 aromatic rings. The highest BCUT2D eigenvalue weighted by molar-refractivity contribution is 7.99. The van der Waals surface area contributed by atoms with Gasteiger partial charge in [0.05, 0.1) is 18.6 Å². The molecule has 0 bridgehead atoms. The van der Waals surface area contributed by atoms with Crippen molar-refractivity contribution in [2.24, 2.45) is 0 Å². The Kier molecular flexibility index (Phi) is 5.96. The van der Waals surface area contributed by atoms with Gasteiger partial charge in [-0.1, -0.05) is 36.0 Å². The molecule has 0 N–H and O–H groups in total. The van der Waals surface area contributed by atoms with Gasteiger partial charge >= 0.3 is 0 Å². The minimum atomic E-state index is 0.0592. The van der Waals surface area contributed by atoms with Crippen LogP contribution in [0, 0.1) is 0 Å². The summed E-state index contributed by atoms with van der Waals surface area (Å²) in [4.78, 5) is 18.8. The number of carbonyl (C=O) groups excluding carboxylic acids is 1. The van der Waals surface area contributed by atoms with Crippen LogP contribution in [-0.2, 0) is 4.79 Å². The quantitative estimate of drug-likeness (QED) is 0.592. The summed E-state index contributed by atoms with van der Waals surface area (Å²) in [5.41, 5.74) is 1.86. The zero-order valence-electron chi connectivity index (χ0n) is 14.8. The highest BCUT2D eigenvalue weighted by Gasteiger charge is 2.16. The number of rotatable bonds is 7. The van der Waals surface area contributed by atoms with Crippen molar-refractivity contribution >= 4 is 23.4 Å². The molecular weight excluding hydrogens is 346 g/mol. The van der Waals surface area contributed by atoms with Gasteiger partial charge in [0.15, 0.2) is 5.16 Å². The molecule has 0 spiro atoms. The molecule has 0 atom stereocenters. The van der Waals surface area contributed by atoms with Crippen LogP contribution < -0.4 is 9.64 Å². The standard InChI is InChI=1S/C20H21N3O2S/c1-3-22(16-8-5-4-6-9-16)19(24)15-26-20-21-12-13-23(20)17-10-7-11-18(14-17)25-2/h4-14H,3,15H2,1-2H3. The largest absolute Gasteiger partial charge is 0.497 e. The molecule has 2 aromatic carbocycles. The lowest BCUT2D eigenvalue weighted by atomic mass is 10.3. The van der Waals surface area contributed by atoms with Gasteiger partial charge in [-0.2, -0.15) is 0 Å². The zero-order valence-corrected chi connectivity index (χ0v) is 15.6. The number of thioether (sulfide) groups is 1. The molecule has 0 radical (unpaired) electrons. The second-order valence-electron chi connectivity index (χ2n) is 5.54.